The molecule has 0 aromatic carbocycles. The number of pyridine rings is 1. The number of primary amides is 1. The molecule has 1 amide bonds. The van der Waals surface area contributed by atoms with Crippen molar-refractivity contribution < 1.29 is 18.0 Å². The fourth-order valence-electron chi connectivity index (χ4n) is 1.45. The summed E-state index contributed by atoms with van der Waals surface area (Å²) in [6.07, 6.45) is -4.54. The Morgan fingerprint density at radius 2 is 2.00 bits per heavy atom. The maximum absolute atomic E-state index is 12.6. The van der Waals surface area contributed by atoms with Crippen molar-refractivity contribution in [2.24, 2.45) is 11.6 Å². The molecule has 1 atom stereocenters. The first-order valence-electron chi connectivity index (χ1n) is 5.33. The lowest BCUT2D eigenvalue weighted by Gasteiger charge is -2.15. The number of amides is 1. The van der Waals surface area contributed by atoms with Gasteiger partial charge < -0.3 is 16.5 Å². The Kier molecular flexibility index (Phi) is 4.54. The maximum Gasteiger partial charge on any atom is 0.416 e. The van der Waals surface area contributed by atoms with Crippen LogP contribution < -0.4 is 22.3 Å². The zero-order valence-electron chi connectivity index (χ0n) is 10.1. The number of carbonyl (C=O) groups excluding carboxylic acids is 1. The molecule has 9 heteroatoms. The van der Waals surface area contributed by atoms with Gasteiger partial charge in [0.1, 0.15) is 11.6 Å². The fraction of sp³-hybridized carbons (Fsp3) is 0.400. The Morgan fingerprint density at radius 3 is 2.47 bits per heavy atom. The van der Waals surface area contributed by atoms with Crippen LogP contribution in [0.3, 0.4) is 0 Å². The quantitative estimate of drug-likeness (QED) is 0.475. The Balaban J connectivity index is 2.97. The number of hydrazine groups is 1. The SMILES string of the molecule is CC(CC(N)=O)Nc1cc(C(F)(F)F)cc(NN)n1. The number of anilines is 2. The van der Waals surface area contributed by atoms with E-state index in [9.17, 15) is 18.0 Å². The number of aromatic nitrogens is 1. The zero-order chi connectivity index (χ0) is 14.6. The summed E-state index contributed by atoms with van der Waals surface area (Å²) in [6, 6.07) is 1.17. The van der Waals surface area contributed by atoms with Crippen LogP contribution in [-0.4, -0.2) is 16.9 Å². The van der Waals surface area contributed by atoms with Crippen molar-refractivity contribution in [3.8, 4) is 0 Å². The summed E-state index contributed by atoms with van der Waals surface area (Å²) in [5.74, 6) is 4.31. The lowest BCUT2D eigenvalue weighted by Crippen LogP contribution is -2.25. The Morgan fingerprint density at radius 1 is 1.42 bits per heavy atom. The van der Waals surface area contributed by atoms with E-state index in [0.29, 0.717) is 0 Å². The highest BCUT2D eigenvalue weighted by Gasteiger charge is 2.31. The molecule has 0 fully saturated rings. The Labute approximate surface area is 107 Å². The van der Waals surface area contributed by atoms with E-state index in [0.717, 1.165) is 12.1 Å². The highest BCUT2D eigenvalue weighted by atomic mass is 19.4. The molecule has 1 aromatic heterocycles. The van der Waals surface area contributed by atoms with Gasteiger partial charge in [-0.2, -0.15) is 13.2 Å². The summed E-state index contributed by atoms with van der Waals surface area (Å²) in [5.41, 5.74) is 6.14. The molecule has 1 aromatic rings. The molecule has 0 saturated carbocycles. The molecule has 0 spiro atoms. The summed E-state index contributed by atoms with van der Waals surface area (Å²) in [4.78, 5) is 14.5. The molecular formula is C10H14F3N5O. The first-order chi connectivity index (χ1) is 8.72. The smallest absolute Gasteiger partial charge is 0.370 e. The molecule has 6 N–H and O–H groups in total. The van der Waals surface area contributed by atoms with Crippen LogP contribution >= 0.6 is 0 Å². The van der Waals surface area contributed by atoms with Gasteiger partial charge in [0.2, 0.25) is 5.91 Å². The number of nitrogen functional groups attached to an aromatic ring is 1. The molecular weight excluding hydrogens is 263 g/mol. The van der Waals surface area contributed by atoms with E-state index in [1.807, 2.05) is 0 Å². The molecule has 0 aliphatic heterocycles. The van der Waals surface area contributed by atoms with E-state index in [4.69, 9.17) is 11.6 Å². The van der Waals surface area contributed by atoms with Gasteiger partial charge in [-0.05, 0) is 19.1 Å². The topological polar surface area (TPSA) is 106 Å². The fourth-order valence-corrected chi connectivity index (χ4v) is 1.45. The van der Waals surface area contributed by atoms with Crippen LogP contribution in [0.25, 0.3) is 0 Å². The van der Waals surface area contributed by atoms with Gasteiger partial charge in [-0.3, -0.25) is 4.79 Å². The second-order valence-corrected chi connectivity index (χ2v) is 3.98. The van der Waals surface area contributed by atoms with Crippen molar-refractivity contribution in [1.82, 2.24) is 4.98 Å². The van der Waals surface area contributed by atoms with Crippen molar-refractivity contribution in [1.29, 1.82) is 0 Å². The molecule has 19 heavy (non-hydrogen) atoms. The summed E-state index contributed by atoms with van der Waals surface area (Å²) in [5, 5.41) is 2.65. The van der Waals surface area contributed by atoms with E-state index in [1.165, 1.54) is 0 Å². The van der Waals surface area contributed by atoms with Gasteiger partial charge in [0.15, 0.2) is 0 Å². The third kappa shape index (κ3) is 4.62. The van der Waals surface area contributed by atoms with Crippen molar-refractivity contribution >= 4 is 17.5 Å². The number of nitrogens with two attached hydrogens (primary N) is 2. The minimum absolute atomic E-state index is 0.0245. The molecule has 0 aliphatic carbocycles. The Hall–Kier alpha value is -2.03. The molecule has 0 saturated heterocycles. The largest absolute Gasteiger partial charge is 0.416 e. The normalized spacial score (nSPS) is 12.9. The van der Waals surface area contributed by atoms with Crippen molar-refractivity contribution in [3.05, 3.63) is 17.7 Å². The third-order valence-corrected chi connectivity index (χ3v) is 2.20. The second kappa shape index (κ2) is 5.74. The molecule has 1 unspecified atom stereocenters. The first-order valence-corrected chi connectivity index (χ1v) is 5.33. The van der Waals surface area contributed by atoms with Crippen molar-refractivity contribution in [3.63, 3.8) is 0 Å². The molecule has 0 bridgehead atoms. The average Bonchev–Trinajstić information content (AvgIpc) is 2.25. The summed E-state index contributed by atoms with van der Waals surface area (Å²) < 4.78 is 37.9. The summed E-state index contributed by atoms with van der Waals surface area (Å²) >= 11 is 0. The number of carbonyl (C=O) groups is 1. The van der Waals surface area contributed by atoms with Gasteiger partial charge in [0.05, 0.1) is 5.56 Å². The molecule has 0 radical (unpaired) electrons. The number of alkyl halides is 3. The lowest BCUT2D eigenvalue weighted by atomic mass is 10.2. The van der Waals surface area contributed by atoms with Crippen molar-refractivity contribution in [2.45, 2.75) is 25.6 Å². The standard InChI is InChI=1S/C10H14F3N5O/c1-5(2-7(14)19)16-8-3-6(10(11,12)13)4-9(17-8)18-15/h3-5H,2,15H2,1H3,(H2,14,19)(H2,16,17,18). The van der Waals surface area contributed by atoms with Gasteiger partial charge >= 0.3 is 6.18 Å². The van der Waals surface area contributed by atoms with Gasteiger partial charge in [0, 0.05) is 12.5 Å². The summed E-state index contributed by atoms with van der Waals surface area (Å²) in [7, 11) is 0. The second-order valence-electron chi connectivity index (χ2n) is 3.98. The number of halogens is 3. The highest BCUT2D eigenvalue weighted by Crippen LogP contribution is 2.32. The molecule has 6 nitrogen and oxygen atoms in total. The van der Waals surface area contributed by atoms with Crippen LogP contribution in [0.5, 0.6) is 0 Å². The van der Waals surface area contributed by atoms with Gasteiger partial charge in [-0.25, -0.2) is 10.8 Å². The van der Waals surface area contributed by atoms with Crippen LogP contribution in [0.1, 0.15) is 18.9 Å². The van der Waals surface area contributed by atoms with Gasteiger partial charge in [-0.1, -0.05) is 0 Å². The summed E-state index contributed by atoms with van der Waals surface area (Å²) in [6.45, 7) is 1.60. The monoisotopic (exact) mass is 277 g/mol. The number of nitrogens with zero attached hydrogens (tertiary/aromatic N) is 1. The number of nitrogens with one attached hydrogen (secondary N) is 2. The van der Waals surface area contributed by atoms with Crippen LogP contribution in [0.15, 0.2) is 12.1 Å². The van der Waals surface area contributed by atoms with E-state index < -0.39 is 23.7 Å². The third-order valence-electron chi connectivity index (χ3n) is 2.20. The number of rotatable bonds is 5. The lowest BCUT2D eigenvalue weighted by molar-refractivity contribution is -0.137. The zero-order valence-corrected chi connectivity index (χ0v) is 10.1. The van der Waals surface area contributed by atoms with Crippen LogP contribution in [0, 0.1) is 0 Å². The van der Waals surface area contributed by atoms with Crippen LogP contribution in [0.4, 0.5) is 24.8 Å². The van der Waals surface area contributed by atoms with E-state index >= 15 is 0 Å². The molecule has 1 rings (SSSR count). The van der Waals surface area contributed by atoms with E-state index in [2.05, 4.69) is 15.7 Å². The predicted molar refractivity (Wildman–Crippen MR) is 63.9 cm³/mol. The van der Waals surface area contributed by atoms with Crippen molar-refractivity contribution in [2.75, 3.05) is 10.7 Å². The molecule has 106 valence electrons. The van der Waals surface area contributed by atoms with Crippen LogP contribution in [0.2, 0.25) is 0 Å². The first kappa shape index (κ1) is 15.0. The average molecular weight is 277 g/mol. The van der Waals surface area contributed by atoms with Crippen LogP contribution in [-0.2, 0) is 11.0 Å². The highest BCUT2D eigenvalue weighted by molar-refractivity contribution is 5.74. The Bertz CT molecular complexity index is 463. The number of hydrogen-bond acceptors (Lipinski definition) is 5. The van der Waals surface area contributed by atoms with Gasteiger partial charge in [-0.15, -0.1) is 0 Å². The van der Waals surface area contributed by atoms with E-state index in [-0.39, 0.29) is 18.1 Å². The maximum atomic E-state index is 12.6. The van der Waals surface area contributed by atoms with E-state index in [1.54, 1.807) is 6.92 Å². The predicted octanol–water partition coefficient (Wildman–Crippen LogP) is 1.06. The molecule has 1 heterocycles. The van der Waals surface area contributed by atoms with Gasteiger partial charge in [0.25, 0.3) is 0 Å². The minimum atomic E-state index is -4.52. The minimum Gasteiger partial charge on any atom is -0.370 e. The molecule has 0 aliphatic rings. The number of hydrogen-bond donors (Lipinski definition) is 4.